The average Bonchev–Trinajstić information content (AvgIpc) is 2.46. The zero-order valence-electron chi connectivity index (χ0n) is 10.5. The Bertz CT molecular complexity index is 560. The lowest BCUT2D eigenvalue weighted by Crippen LogP contribution is -2.24. The van der Waals surface area contributed by atoms with Crippen LogP contribution in [0.25, 0.3) is 0 Å². The number of carbonyl (C=O) groups is 1. The average molecular weight is 258 g/mol. The minimum absolute atomic E-state index is 0.151. The molecule has 0 amide bonds. The first-order valence-corrected chi connectivity index (χ1v) is 5.84. The van der Waals surface area contributed by atoms with E-state index >= 15 is 0 Å². The van der Waals surface area contributed by atoms with Crippen molar-refractivity contribution < 1.29 is 9.90 Å². The molecule has 0 fully saturated rings. The van der Waals surface area contributed by atoms with Crippen molar-refractivity contribution in [2.24, 2.45) is 0 Å². The lowest BCUT2D eigenvalue weighted by Gasteiger charge is -2.18. The summed E-state index contributed by atoms with van der Waals surface area (Å²) in [4.78, 5) is 17.1. The van der Waals surface area contributed by atoms with Crippen LogP contribution in [0.1, 0.15) is 16.1 Å². The van der Waals surface area contributed by atoms with Crippen LogP contribution in [-0.4, -0.2) is 39.8 Å². The maximum Gasteiger partial charge on any atom is 0.339 e. The smallest absolute Gasteiger partial charge is 0.339 e. The molecule has 0 bridgehead atoms. The topological polar surface area (TPSA) is 79.2 Å². The Hall–Kier alpha value is -2.50. The molecule has 6 heteroatoms. The van der Waals surface area contributed by atoms with Crippen molar-refractivity contribution in [3.8, 4) is 0 Å². The fourth-order valence-electron chi connectivity index (χ4n) is 1.71. The molecule has 0 saturated carbocycles. The number of carboxylic acid groups (broad SMARTS) is 1. The molecule has 0 radical (unpaired) electrons. The number of nitrogens with zero attached hydrogens (tertiary/aromatic N) is 4. The fraction of sp³-hybridized carbons (Fsp3) is 0.231. The van der Waals surface area contributed by atoms with E-state index in [1.54, 1.807) is 18.1 Å². The van der Waals surface area contributed by atoms with Crippen molar-refractivity contribution in [1.29, 1.82) is 0 Å². The van der Waals surface area contributed by atoms with Gasteiger partial charge in [0.25, 0.3) is 0 Å². The second kappa shape index (κ2) is 5.90. The van der Waals surface area contributed by atoms with Gasteiger partial charge in [0.05, 0.1) is 6.20 Å². The van der Waals surface area contributed by atoms with Gasteiger partial charge in [-0.25, -0.2) is 4.79 Å². The Labute approximate surface area is 110 Å². The summed E-state index contributed by atoms with van der Waals surface area (Å²) in [6, 6.07) is 7.16. The fourth-order valence-corrected chi connectivity index (χ4v) is 1.71. The summed E-state index contributed by atoms with van der Waals surface area (Å²) in [5.41, 5.74) is 1.11. The summed E-state index contributed by atoms with van der Waals surface area (Å²) in [6.45, 7) is 0.621. The highest BCUT2D eigenvalue weighted by atomic mass is 16.4. The molecule has 0 unspecified atom stereocenters. The van der Waals surface area contributed by atoms with E-state index in [1.807, 2.05) is 18.2 Å². The highest BCUT2D eigenvalue weighted by Gasteiger charge is 2.15. The van der Waals surface area contributed by atoms with Gasteiger partial charge in [0.1, 0.15) is 5.56 Å². The second-order valence-corrected chi connectivity index (χ2v) is 4.07. The van der Waals surface area contributed by atoms with Gasteiger partial charge >= 0.3 is 5.97 Å². The molecule has 1 N–H and O–H groups in total. The summed E-state index contributed by atoms with van der Waals surface area (Å²) in [5, 5.41) is 16.7. The van der Waals surface area contributed by atoms with Gasteiger partial charge in [0, 0.05) is 31.9 Å². The molecule has 0 aliphatic heterocycles. The Morgan fingerprint density at radius 3 is 2.84 bits per heavy atom. The van der Waals surface area contributed by atoms with Gasteiger partial charge < -0.3 is 10.0 Å². The van der Waals surface area contributed by atoms with Crippen LogP contribution < -0.4 is 4.90 Å². The van der Waals surface area contributed by atoms with E-state index in [0.29, 0.717) is 18.8 Å². The van der Waals surface area contributed by atoms with E-state index in [1.165, 1.54) is 12.3 Å². The number of rotatable bonds is 5. The third kappa shape index (κ3) is 3.25. The first-order chi connectivity index (χ1) is 9.18. The number of pyridine rings is 1. The van der Waals surface area contributed by atoms with E-state index in [4.69, 9.17) is 5.11 Å². The van der Waals surface area contributed by atoms with E-state index < -0.39 is 5.97 Å². The molecule has 19 heavy (non-hydrogen) atoms. The third-order valence-electron chi connectivity index (χ3n) is 2.72. The summed E-state index contributed by atoms with van der Waals surface area (Å²) in [5.74, 6) is -0.638. The molecule has 2 rings (SSSR count). The van der Waals surface area contributed by atoms with Crippen molar-refractivity contribution >= 4 is 11.8 Å². The zero-order chi connectivity index (χ0) is 13.7. The van der Waals surface area contributed by atoms with Gasteiger partial charge in [-0.2, -0.15) is 5.10 Å². The van der Waals surface area contributed by atoms with Crippen molar-refractivity contribution in [2.75, 3.05) is 18.5 Å². The maximum absolute atomic E-state index is 11.1. The standard InChI is InChI=1S/C13H14N4O2/c1-17(9-6-10-4-2-3-7-14-10)12-11(13(18)19)5-8-15-16-12/h2-5,7-8H,6,9H2,1H3,(H,18,19). The van der Waals surface area contributed by atoms with Gasteiger partial charge in [0.15, 0.2) is 5.82 Å². The summed E-state index contributed by atoms with van der Waals surface area (Å²) >= 11 is 0. The van der Waals surface area contributed by atoms with E-state index in [2.05, 4.69) is 15.2 Å². The van der Waals surface area contributed by atoms with Gasteiger partial charge in [-0.15, -0.1) is 5.10 Å². The molecule has 98 valence electrons. The molecule has 0 aliphatic rings. The van der Waals surface area contributed by atoms with Crippen LogP contribution in [0.15, 0.2) is 36.7 Å². The van der Waals surface area contributed by atoms with Crippen LogP contribution >= 0.6 is 0 Å². The Morgan fingerprint density at radius 2 is 2.16 bits per heavy atom. The molecule has 2 aromatic heterocycles. The maximum atomic E-state index is 11.1. The summed E-state index contributed by atoms with van der Waals surface area (Å²) < 4.78 is 0. The monoisotopic (exact) mass is 258 g/mol. The van der Waals surface area contributed by atoms with Gasteiger partial charge in [-0.1, -0.05) is 6.07 Å². The van der Waals surface area contributed by atoms with Gasteiger partial charge in [-0.05, 0) is 18.2 Å². The normalized spacial score (nSPS) is 10.2. The number of aromatic nitrogens is 3. The van der Waals surface area contributed by atoms with E-state index in [-0.39, 0.29) is 5.56 Å². The Balaban J connectivity index is 2.08. The first-order valence-electron chi connectivity index (χ1n) is 5.84. The van der Waals surface area contributed by atoms with Crippen LogP contribution in [0.3, 0.4) is 0 Å². The molecular weight excluding hydrogens is 244 g/mol. The zero-order valence-corrected chi connectivity index (χ0v) is 10.5. The van der Waals surface area contributed by atoms with Crippen molar-refractivity contribution in [2.45, 2.75) is 6.42 Å². The number of aromatic carboxylic acids is 1. The Kier molecular flexibility index (Phi) is 4.02. The Morgan fingerprint density at radius 1 is 1.32 bits per heavy atom. The van der Waals surface area contributed by atoms with Crippen LogP contribution in [0.4, 0.5) is 5.82 Å². The predicted molar refractivity (Wildman–Crippen MR) is 70.2 cm³/mol. The molecule has 2 aromatic rings. The largest absolute Gasteiger partial charge is 0.478 e. The van der Waals surface area contributed by atoms with Crippen molar-refractivity contribution in [1.82, 2.24) is 15.2 Å². The number of carboxylic acids is 1. The quantitative estimate of drug-likeness (QED) is 0.869. The highest BCUT2D eigenvalue weighted by molar-refractivity contribution is 5.93. The molecule has 0 atom stereocenters. The van der Waals surface area contributed by atoms with Crippen LogP contribution in [-0.2, 0) is 6.42 Å². The van der Waals surface area contributed by atoms with E-state index in [9.17, 15) is 4.79 Å². The molecule has 6 nitrogen and oxygen atoms in total. The second-order valence-electron chi connectivity index (χ2n) is 4.07. The van der Waals surface area contributed by atoms with Crippen LogP contribution in [0.2, 0.25) is 0 Å². The highest BCUT2D eigenvalue weighted by Crippen LogP contribution is 2.14. The minimum Gasteiger partial charge on any atom is -0.478 e. The third-order valence-corrected chi connectivity index (χ3v) is 2.72. The number of likely N-dealkylation sites (N-methyl/N-ethyl adjacent to an activating group) is 1. The van der Waals surface area contributed by atoms with Crippen LogP contribution in [0, 0.1) is 0 Å². The SMILES string of the molecule is CN(CCc1ccccn1)c1nnccc1C(=O)O. The molecule has 0 saturated heterocycles. The lowest BCUT2D eigenvalue weighted by molar-refractivity contribution is 0.0697. The molecule has 0 aromatic carbocycles. The van der Waals surface area contributed by atoms with Gasteiger partial charge in [-0.3, -0.25) is 4.98 Å². The molecular formula is C13H14N4O2. The lowest BCUT2D eigenvalue weighted by atomic mass is 10.2. The number of hydrogen-bond acceptors (Lipinski definition) is 5. The number of anilines is 1. The van der Waals surface area contributed by atoms with Gasteiger partial charge in [0.2, 0.25) is 0 Å². The predicted octanol–water partition coefficient (Wildman–Crippen LogP) is 1.25. The van der Waals surface area contributed by atoms with Crippen molar-refractivity contribution in [3.63, 3.8) is 0 Å². The first kappa shape index (κ1) is 12.9. The summed E-state index contributed by atoms with van der Waals surface area (Å²) in [7, 11) is 1.79. The van der Waals surface area contributed by atoms with Crippen molar-refractivity contribution in [3.05, 3.63) is 47.9 Å². The van der Waals surface area contributed by atoms with Crippen LogP contribution in [0.5, 0.6) is 0 Å². The minimum atomic E-state index is -1.01. The summed E-state index contributed by atoms with van der Waals surface area (Å²) in [6.07, 6.45) is 3.83. The van der Waals surface area contributed by atoms with E-state index in [0.717, 1.165) is 5.69 Å². The molecule has 0 aliphatic carbocycles. The number of hydrogen-bond donors (Lipinski definition) is 1. The molecule has 0 spiro atoms. The molecule has 2 heterocycles.